The molecule has 0 radical (unpaired) electrons. The summed E-state index contributed by atoms with van der Waals surface area (Å²) < 4.78 is 38.7. The van der Waals surface area contributed by atoms with Crippen molar-refractivity contribution in [2.75, 3.05) is 5.32 Å². The number of hydrogen-bond donors (Lipinski definition) is 3. The Kier molecular flexibility index (Phi) is 4.18. The number of nitrogens with one attached hydrogen (secondary N) is 1. The van der Waals surface area contributed by atoms with Gasteiger partial charge in [0.2, 0.25) is 0 Å². The number of rotatable bonds is 3. The molecule has 0 atom stereocenters. The first-order valence-corrected chi connectivity index (χ1v) is 6.27. The second-order valence-corrected chi connectivity index (χ2v) is 4.76. The van der Waals surface area contributed by atoms with Gasteiger partial charge in [-0.2, -0.15) is 13.2 Å². The smallest absolute Gasteiger partial charge is 0.418 e. The van der Waals surface area contributed by atoms with Crippen LogP contribution in [0, 0.1) is 0 Å². The average molecular weight is 318 g/mol. The number of alkyl halides is 3. The molecular weight excluding hydrogens is 307 g/mol. The van der Waals surface area contributed by atoms with Gasteiger partial charge >= 0.3 is 6.18 Å². The lowest BCUT2D eigenvalue weighted by molar-refractivity contribution is -0.136. The summed E-state index contributed by atoms with van der Waals surface area (Å²) in [5.41, 5.74) is -0.776. The van der Waals surface area contributed by atoms with Crippen LogP contribution in [0.25, 0.3) is 0 Å². The van der Waals surface area contributed by atoms with E-state index in [1.54, 1.807) is 0 Å². The first-order chi connectivity index (χ1) is 9.79. The van der Waals surface area contributed by atoms with Crippen LogP contribution in [0.5, 0.6) is 11.5 Å². The van der Waals surface area contributed by atoms with Crippen LogP contribution in [-0.4, -0.2) is 10.2 Å². The first-order valence-electron chi connectivity index (χ1n) is 5.89. The van der Waals surface area contributed by atoms with E-state index in [0.717, 1.165) is 6.07 Å². The number of halogens is 4. The topological polar surface area (TPSA) is 52.5 Å². The van der Waals surface area contributed by atoms with E-state index in [4.69, 9.17) is 11.6 Å². The molecule has 2 aromatic carbocycles. The second-order valence-electron chi connectivity index (χ2n) is 4.33. The van der Waals surface area contributed by atoms with Crippen molar-refractivity contribution in [1.29, 1.82) is 0 Å². The van der Waals surface area contributed by atoms with E-state index in [9.17, 15) is 23.4 Å². The molecule has 0 amide bonds. The molecular formula is C14H11ClF3NO2. The van der Waals surface area contributed by atoms with E-state index in [2.05, 4.69) is 5.32 Å². The molecule has 0 aromatic heterocycles. The fourth-order valence-corrected chi connectivity index (χ4v) is 1.99. The Balaban J connectivity index is 2.26. The standard InChI is InChI=1S/C14H11ClF3NO2/c15-9-4-5-11(10(6-9)14(16,17)18)19-7-8-2-1-3-12(20)13(8)21/h1-6,19-21H,7H2. The van der Waals surface area contributed by atoms with E-state index in [0.29, 0.717) is 0 Å². The molecule has 0 heterocycles. The third-order valence-electron chi connectivity index (χ3n) is 2.85. The Labute approximate surface area is 123 Å². The van der Waals surface area contributed by atoms with Crippen molar-refractivity contribution < 1.29 is 23.4 Å². The summed E-state index contributed by atoms with van der Waals surface area (Å²) >= 11 is 5.59. The Morgan fingerprint density at radius 1 is 1.10 bits per heavy atom. The minimum absolute atomic E-state index is 0.0203. The monoisotopic (exact) mass is 317 g/mol. The van der Waals surface area contributed by atoms with Gasteiger partial charge in [-0.3, -0.25) is 0 Å². The zero-order valence-corrected chi connectivity index (χ0v) is 11.3. The van der Waals surface area contributed by atoms with Crippen LogP contribution in [0.4, 0.5) is 18.9 Å². The molecule has 0 aliphatic rings. The number of phenols is 2. The van der Waals surface area contributed by atoms with E-state index >= 15 is 0 Å². The Morgan fingerprint density at radius 2 is 1.81 bits per heavy atom. The lowest BCUT2D eigenvalue weighted by Gasteiger charge is -2.15. The first kappa shape index (κ1) is 15.3. The van der Waals surface area contributed by atoms with Crippen LogP contribution in [0.3, 0.4) is 0 Å². The van der Waals surface area contributed by atoms with E-state index in [-0.39, 0.29) is 34.3 Å². The Morgan fingerprint density at radius 3 is 2.48 bits per heavy atom. The van der Waals surface area contributed by atoms with Crippen LogP contribution < -0.4 is 5.32 Å². The fraction of sp³-hybridized carbons (Fsp3) is 0.143. The van der Waals surface area contributed by atoms with Crippen LogP contribution in [0.2, 0.25) is 5.02 Å². The highest BCUT2D eigenvalue weighted by Crippen LogP contribution is 2.37. The van der Waals surface area contributed by atoms with Gasteiger partial charge in [0.1, 0.15) is 0 Å². The number of anilines is 1. The minimum Gasteiger partial charge on any atom is -0.504 e. The molecule has 0 saturated carbocycles. The predicted octanol–water partition coefficient (Wildman–Crippen LogP) is 4.38. The van der Waals surface area contributed by atoms with Gasteiger partial charge in [0.15, 0.2) is 11.5 Å². The van der Waals surface area contributed by atoms with Gasteiger partial charge < -0.3 is 15.5 Å². The Hall–Kier alpha value is -2.08. The van der Waals surface area contributed by atoms with Crippen LogP contribution in [0.15, 0.2) is 36.4 Å². The highest BCUT2D eigenvalue weighted by atomic mass is 35.5. The van der Waals surface area contributed by atoms with Gasteiger partial charge in [-0.25, -0.2) is 0 Å². The summed E-state index contributed by atoms with van der Waals surface area (Å²) in [6.45, 7) is -0.0784. The lowest BCUT2D eigenvalue weighted by atomic mass is 10.1. The largest absolute Gasteiger partial charge is 0.504 e. The highest BCUT2D eigenvalue weighted by molar-refractivity contribution is 6.30. The molecule has 0 saturated heterocycles. The van der Waals surface area contributed by atoms with E-state index in [1.807, 2.05) is 0 Å². The van der Waals surface area contributed by atoms with Crippen molar-refractivity contribution in [3.8, 4) is 11.5 Å². The number of benzene rings is 2. The quantitative estimate of drug-likeness (QED) is 0.736. The van der Waals surface area contributed by atoms with E-state index in [1.165, 1.54) is 30.3 Å². The van der Waals surface area contributed by atoms with Crippen LogP contribution in [-0.2, 0) is 12.7 Å². The van der Waals surface area contributed by atoms with Gasteiger partial charge in [0.05, 0.1) is 5.56 Å². The molecule has 21 heavy (non-hydrogen) atoms. The molecule has 0 aliphatic heterocycles. The molecule has 0 spiro atoms. The highest BCUT2D eigenvalue weighted by Gasteiger charge is 2.33. The second kappa shape index (κ2) is 5.73. The molecule has 0 aliphatic carbocycles. The van der Waals surface area contributed by atoms with Crippen molar-refractivity contribution >= 4 is 17.3 Å². The zero-order valence-electron chi connectivity index (χ0n) is 10.6. The molecule has 2 aromatic rings. The molecule has 3 nitrogen and oxygen atoms in total. The number of para-hydroxylation sites is 1. The van der Waals surface area contributed by atoms with Gasteiger partial charge in [-0.05, 0) is 24.3 Å². The summed E-state index contributed by atoms with van der Waals surface area (Å²) in [5, 5.41) is 21.5. The third kappa shape index (κ3) is 3.52. The molecule has 2 rings (SSSR count). The maximum atomic E-state index is 12.9. The molecule has 0 fully saturated rings. The van der Waals surface area contributed by atoms with Gasteiger partial charge in [-0.15, -0.1) is 0 Å². The fourth-order valence-electron chi connectivity index (χ4n) is 1.82. The molecule has 0 unspecified atom stereocenters. The summed E-state index contributed by atoms with van der Waals surface area (Å²) in [6, 6.07) is 7.63. The summed E-state index contributed by atoms with van der Waals surface area (Å²) in [7, 11) is 0. The maximum Gasteiger partial charge on any atom is 0.418 e. The lowest BCUT2D eigenvalue weighted by Crippen LogP contribution is -2.11. The number of phenolic OH excluding ortho intramolecular Hbond substituents is 2. The van der Waals surface area contributed by atoms with E-state index < -0.39 is 11.7 Å². The molecule has 7 heteroatoms. The van der Waals surface area contributed by atoms with Crippen molar-refractivity contribution in [2.24, 2.45) is 0 Å². The number of aromatic hydroxyl groups is 2. The SMILES string of the molecule is Oc1cccc(CNc2ccc(Cl)cc2C(F)(F)F)c1O. The predicted molar refractivity (Wildman–Crippen MR) is 73.6 cm³/mol. The average Bonchev–Trinajstić information content (AvgIpc) is 2.40. The molecule has 3 N–H and O–H groups in total. The zero-order chi connectivity index (χ0) is 15.6. The van der Waals surface area contributed by atoms with Crippen molar-refractivity contribution in [2.45, 2.75) is 12.7 Å². The molecule has 112 valence electrons. The Bertz CT molecular complexity index is 659. The number of hydrogen-bond acceptors (Lipinski definition) is 3. The van der Waals surface area contributed by atoms with Crippen molar-refractivity contribution in [3.05, 3.63) is 52.5 Å². The minimum atomic E-state index is -4.55. The summed E-state index contributed by atoms with van der Waals surface area (Å²) in [5.74, 6) is -0.700. The third-order valence-corrected chi connectivity index (χ3v) is 3.09. The normalized spacial score (nSPS) is 11.4. The van der Waals surface area contributed by atoms with Gasteiger partial charge in [0.25, 0.3) is 0 Å². The maximum absolute atomic E-state index is 12.9. The van der Waals surface area contributed by atoms with Crippen LogP contribution in [0.1, 0.15) is 11.1 Å². The van der Waals surface area contributed by atoms with Gasteiger partial charge in [-0.1, -0.05) is 23.7 Å². The van der Waals surface area contributed by atoms with Gasteiger partial charge in [0, 0.05) is 22.8 Å². The summed E-state index contributed by atoms with van der Waals surface area (Å²) in [4.78, 5) is 0. The van der Waals surface area contributed by atoms with Crippen LogP contribution >= 0.6 is 11.6 Å². The summed E-state index contributed by atoms with van der Waals surface area (Å²) in [6.07, 6.45) is -4.55. The molecule has 0 bridgehead atoms. The van der Waals surface area contributed by atoms with Crippen molar-refractivity contribution in [3.63, 3.8) is 0 Å². The van der Waals surface area contributed by atoms with Crippen molar-refractivity contribution in [1.82, 2.24) is 0 Å².